The summed E-state index contributed by atoms with van der Waals surface area (Å²) in [6.07, 6.45) is 3.70. The van der Waals surface area contributed by atoms with E-state index in [0.717, 1.165) is 5.56 Å². The summed E-state index contributed by atoms with van der Waals surface area (Å²) in [6, 6.07) is 18.2. The van der Waals surface area contributed by atoms with Crippen LogP contribution in [0.25, 0.3) is 6.08 Å². The van der Waals surface area contributed by atoms with Crippen LogP contribution in [0.2, 0.25) is 0 Å². The van der Waals surface area contributed by atoms with Crippen molar-refractivity contribution in [1.82, 2.24) is 0 Å². The van der Waals surface area contributed by atoms with Crippen LogP contribution in [0.4, 0.5) is 0 Å². The summed E-state index contributed by atoms with van der Waals surface area (Å²) in [5.74, 6) is 0. The number of sulfone groups is 1. The van der Waals surface area contributed by atoms with Crippen molar-refractivity contribution in [3.05, 3.63) is 83.3 Å². The molecular formula is C17H16O2S. The lowest BCUT2D eigenvalue weighted by molar-refractivity contribution is 0.604. The van der Waals surface area contributed by atoms with Gasteiger partial charge in [-0.2, -0.15) is 0 Å². The second-order valence-electron chi connectivity index (χ2n) is 4.46. The summed E-state index contributed by atoms with van der Waals surface area (Å²) in [5, 5.41) is 1.29. The minimum atomic E-state index is -3.38. The Morgan fingerprint density at radius 3 is 2.05 bits per heavy atom. The van der Waals surface area contributed by atoms with Gasteiger partial charge in [0, 0.05) is 5.41 Å². The molecule has 0 heterocycles. The second kappa shape index (κ2) is 6.35. The summed E-state index contributed by atoms with van der Waals surface area (Å²) in [4.78, 5) is 0.312. The lowest BCUT2D eigenvalue weighted by atomic mass is 10.2. The molecule has 0 spiro atoms. The van der Waals surface area contributed by atoms with E-state index in [0.29, 0.717) is 10.5 Å². The SMILES string of the molecule is CC(=C/S(=O)(=O)c1ccccc1)/C=C/c1ccccc1. The fourth-order valence-corrected chi connectivity index (χ4v) is 2.99. The van der Waals surface area contributed by atoms with Gasteiger partial charge >= 0.3 is 0 Å². The molecule has 0 aliphatic carbocycles. The molecule has 0 bridgehead atoms. The lowest BCUT2D eigenvalue weighted by Crippen LogP contribution is -1.96. The van der Waals surface area contributed by atoms with Crippen LogP contribution in [-0.4, -0.2) is 8.42 Å². The molecular weight excluding hydrogens is 268 g/mol. The second-order valence-corrected chi connectivity index (χ2v) is 6.26. The number of rotatable bonds is 4. The molecule has 102 valence electrons. The number of benzene rings is 2. The molecule has 0 fully saturated rings. The van der Waals surface area contributed by atoms with Crippen LogP contribution in [0.5, 0.6) is 0 Å². The third kappa shape index (κ3) is 3.93. The van der Waals surface area contributed by atoms with Crippen LogP contribution in [0.1, 0.15) is 12.5 Å². The van der Waals surface area contributed by atoms with Crippen molar-refractivity contribution < 1.29 is 8.42 Å². The zero-order chi connectivity index (χ0) is 14.4. The minimum absolute atomic E-state index is 0.312. The monoisotopic (exact) mass is 284 g/mol. The molecule has 3 heteroatoms. The molecule has 0 aliphatic rings. The highest BCUT2D eigenvalue weighted by molar-refractivity contribution is 7.94. The molecule has 0 aliphatic heterocycles. The molecule has 0 amide bonds. The maximum Gasteiger partial charge on any atom is 0.200 e. The van der Waals surface area contributed by atoms with E-state index in [1.54, 1.807) is 43.3 Å². The maximum atomic E-state index is 12.1. The van der Waals surface area contributed by atoms with E-state index in [9.17, 15) is 8.42 Å². The van der Waals surface area contributed by atoms with Gasteiger partial charge in [0.25, 0.3) is 0 Å². The molecule has 20 heavy (non-hydrogen) atoms. The zero-order valence-electron chi connectivity index (χ0n) is 11.2. The summed E-state index contributed by atoms with van der Waals surface area (Å²) in [7, 11) is -3.38. The van der Waals surface area contributed by atoms with Crippen molar-refractivity contribution in [2.24, 2.45) is 0 Å². The Hall–Kier alpha value is -2.13. The normalized spacial score (nSPS) is 12.8. The summed E-state index contributed by atoms with van der Waals surface area (Å²) in [5.41, 5.74) is 1.73. The topological polar surface area (TPSA) is 34.1 Å². The zero-order valence-corrected chi connectivity index (χ0v) is 12.0. The molecule has 0 atom stereocenters. The minimum Gasteiger partial charge on any atom is -0.219 e. The first kappa shape index (κ1) is 14.3. The summed E-state index contributed by atoms with van der Waals surface area (Å²) < 4.78 is 24.3. The molecule has 2 rings (SSSR count). The predicted octanol–water partition coefficient (Wildman–Crippen LogP) is 4.08. The average molecular weight is 284 g/mol. The van der Waals surface area contributed by atoms with E-state index in [4.69, 9.17) is 0 Å². The van der Waals surface area contributed by atoms with Gasteiger partial charge in [-0.15, -0.1) is 0 Å². The van der Waals surface area contributed by atoms with Crippen LogP contribution < -0.4 is 0 Å². The molecule has 2 aromatic carbocycles. The van der Waals surface area contributed by atoms with Gasteiger partial charge in [-0.3, -0.25) is 0 Å². The van der Waals surface area contributed by atoms with Crippen LogP contribution >= 0.6 is 0 Å². The summed E-state index contributed by atoms with van der Waals surface area (Å²) >= 11 is 0. The Labute approximate surface area is 120 Å². The Morgan fingerprint density at radius 1 is 0.900 bits per heavy atom. The van der Waals surface area contributed by atoms with E-state index < -0.39 is 9.84 Å². The van der Waals surface area contributed by atoms with Crippen molar-refractivity contribution >= 4 is 15.9 Å². The Balaban J connectivity index is 2.21. The lowest BCUT2D eigenvalue weighted by Gasteiger charge is -1.99. The van der Waals surface area contributed by atoms with Crippen LogP contribution in [0.3, 0.4) is 0 Å². The van der Waals surface area contributed by atoms with E-state index in [1.165, 1.54) is 5.41 Å². The van der Waals surface area contributed by atoms with Crippen molar-refractivity contribution in [3.8, 4) is 0 Å². The molecule has 0 aromatic heterocycles. The Bertz CT molecular complexity index is 712. The van der Waals surface area contributed by atoms with Gasteiger partial charge in [0.05, 0.1) is 4.90 Å². The highest BCUT2D eigenvalue weighted by Gasteiger charge is 2.09. The molecule has 0 N–H and O–H groups in total. The van der Waals surface area contributed by atoms with Crippen molar-refractivity contribution in [3.63, 3.8) is 0 Å². The Kier molecular flexibility index (Phi) is 4.53. The van der Waals surface area contributed by atoms with Gasteiger partial charge in [0.1, 0.15) is 0 Å². The van der Waals surface area contributed by atoms with Gasteiger partial charge in [-0.05, 0) is 30.2 Å². The van der Waals surface area contributed by atoms with Crippen molar-refractivity contribution in [2.75, 3.05) is 0 Å². The van der Waals surface area contributed by atoms with Crippen LogP contribution in [0, 0.1) is 0 Å². The molecule has 0 radical (unpaired) electrons. The smallest absolute Gasteiger partial charge is 0.200 e. The molecule has 0 saturated heterocycles. The van der Waals surface area contributed by atoms with Gasteiger partial charge < -0.3 is 0 Å². The van der Waals surface area contributed by atoms with Gasteiger partial charge in [-0.25, -0.2) is 8.42 Å². The third-order valence-corrected chi connectivity index (χ3v) is 4.36. The van der Waals surface area contributed by atoms with Gasteiger partial charge in [-0.1, -0.05) is 60.7 Å². The number of hydrogen-bond acceptors (Lipinski definition) is 2. The molecule has 2 nitrogen and oxygen atoms in total. The standard InChI is InChI=1S/C17H16O2S/c1-15(12-13-16-8-4-2-5-9-16)14-20(18,19)17-10-6-3-7-11-17/h2-14H,1H3/b13-12+,15-14-. The van der Waals surface area contributed by atoms with E-state index in [1.807, 2.05) is 36.4 Å². The van der Waals surface area contributed by atoms with Crippen molar-refractivity contribution in [1.29, 1.82) is 0 Å². The third-order valence-electron chi connectivity index (χ3n) is 2.75. The molecule has 0 saturated carbocycles. The maximum absolute atomic E-state index is 12.1. The van der Waals surface area contributed by atoms with Gasteiger partial charge in [0.2, 0.25) is 0 Å². The van der Waals surface area contributed by atoms with E-state index >= 15 is 0 Å². The van der Waals surface area contributed by atoms with Gasteiger partial charge in [0.15, 0.2) is 9.84 Å². The molecule has 0 unspecified atom stereocenters. The number of hydrogen-bond donors (Lipinski definition) is 0. The highest BCUT2D eigenvalue weighted by atomic mass is 32.2. The van der Waals surface area contributed by atoms with Crippen LogP contribution in [0.15, 0.2) is 82.6 Å². The first-order chi connectivity index (χ1) is 9.58. The first-order valence-corrected chi connectivity index (χ1v) is 7.84. The first-order valence-electron chi connectivity index (χ1n) is 6.29. The average Bonchev–Trinajstić information content (AvgIpc) is 2.47. The molecule has 2 aromatic rings. The fraction of sp³-hybridized carbons (Fsp3) is 0.0588. The predicted molar refractivity (Wildman–Crippen MR) is 82.9 cm³/mol. The van der Waals surface area contributed by atoms with Crippen molar-refractivity contribution in [2.45, 2.75) is 11.8 Å². The van der Waals surface area contributed by atoms with E-state index in [2.05, 4.69) is 0 Å². The van der Waals surface area contributed by atoms with E-state index in [-0.39, 0.29) is 0 Å². The quantitative estimate of drug-likeness (QED) is 0.793. The fourth-order valence-electron chi connectivity index (χ4n) is 1.75. The van der Waals surface area contributed by atoms with Crippen LogP contribution in [-0.2, 0) is 9.84 Å². The Morgan fingerprint density at radius 2 is 1.45 bits per heavy atom. The highest BCUT2D eigenvalue weighted by Crippen LogP contribution is 2.14. The number of allylic oxidation sites excluding steroid dienone is 2. The largest absolute Gasteiger partial charge is 0.219 e. The summed E-state index contributed by atoms with van der Waals surface area (Å²) in [6.45, 7) is 1.78.